The van der Waals surface area contributed by atoms with Crippen LogP contribution in [-0.2, 0) is 17.8 Å². The molecule has 0 aliphatic carbocycles. The standard InChI is InChI=1S/C22H21N3O.2H2/c1-2-19-20(12-13-24-22(19)23)18-10-8-17(9-11-18)15-25-21(26)14-16-6-4-3-5-7-16;;/h2-13H,1,14-15H2,(H2,23,24)(H,25,26);2*1H. The maximum Gasteiger partial charge on any atom is 0.224 e. The van der Waals surface area contributed by atoms with Crippen molar-refractivity contribution in [2.24, 2.45) is 0 Å². The number of rotatable bonds is 6. The van der Waals surface area contributed by atoms with Crippen molar-refractivity contribution in [2.75, 3.05) is 5.73 Å². The second-order valence-corrected chi connectivity index (χ2v) is 6.00. The first-order valence-corrected chi connectivity index (χ1v) is 8.44. The van der Waals surface area contributed by atoms with Gasteiger partial charge in [0.15, 0.2) is 0 Å². The van der Waals surface area contributed by atoms with E-state index in [-0.39, 0.29) is 8.76 Å². The molecule has 0 fully saturated rings. The molecular formula is C22H25N3O. The first-order chi connectivity index (χ1) is 12.7. The summed E-state index contributed by atoms with van der Waals surface area (Å²) >= 11 is 0. The van der Waals surface area contributed by atoms with Crippen LogP contribution in [-0.4, -0.2) is 10.9 Å². The van der Waals surface area contributed by atoms with Gasteiger partial charge in [0, 0.05) is 21.2 Å². The summed E-state index contributed by atoms with van der Waals surface area (Å²) in [5.74, 6) is 0.478. The number of nitrogens with one attached hydrogen (secondary N) is 1. The van der Waals surface area contributed by atoms with Crippen molar-refractivity contribution in [1.29, 1.82) is 0 Å². The second-order valence-electron chi connectivity index (χ2n) is 6.00. The van der Waals surface area contributed by atoms with E-state index in [1.54, 1.807) is 12.3 Å². The van der Waals surface area contributed by atoms with Gasteiger partial charge in [-0.3, -0.25) is 4.79 Å². The molecule has 0 aliphatic heterocycles. The zero-order valence-corrected chi connectivity index (χ0v) is 14.5. The minimum Gasteiger partial charge on any atom is -0.383 e. The first kappa shape index (κ1) is 17.4. The van der Waals surface area contributed by atoms with E-state index in [2.05, 4.69) is 16.9 Å². The number of anilines is 1. The monoisotopic (exact) mass is 347 g/mol. The van der Waals surface area contributed by atoms with Gasteiger partial charge in [-0.2, -0.15) is 0 Å². The Morgan fingerprint density at radius 1 is 1.08 bits per heavy atom. The van der Waals surface area contributed by atoms with E-state index >= 15 is 0 Å². The molecule has 3 N–H and O–H groups in total. The molecule has 0 radical (unpaired) electrons. The lowest BCUT2D eigenvalue weighted by Crippen LogP contribution is -2.24. The van der Waals surface area contributed by atoms with E-state index in [1.807, 2.05) is 60.7 Å². The quantitative estimate of drug-likeness (QED) is 0.697. The largest absolute Gasteiger partial charge is 0.383 e. The smallest absolute Gasteiger partial charge is 0.224 e. The summed E-state index contributed by atoms with van der Waals surface area (Å²) in [6, 6.07) is 19.7. The fourth-order valence-electron chi connectivity index (χ4n) is 2.80. The van der Waals surface area contributed by atoms with Gasteiger partial charge in [-0.15, -0.1) is 0 Å². The molecule has 1 aromatic heterocycles. The predicted octanol–water partition coefficient (Wildman–Crippen LogP) is 4.32. The minimum absolute atomic E-state index is 0. The van der Waals surface area contributed by atoms with Gasteiger partial charge in [-0.25, -0.2) is 4.98 Å². The second kappa shape index (κ2) is 8.12. The highest BCUT2D eigenvalue weighted by molar-refractivity contribution is 5.80. The van der Waals surface area contributed by atoms with Crippen LogP contribution in [0.25, 0.3) is 17.2 Å². The Morgan fingerprint density at radius 2 is 1.81 bits per heavy atom. The zero-order chi connectivity index (χ0) is 18.4. The van der Waals surface area contributed by atoms with Crippen molar-refractivity contribution in [3.05, 3.63) is 90.1 Å². The Hall–Kier alpha value is -3.40. The van der Waals surface area contributed by atoms with Crippen LogP contribution in [0.4, 0.5) is 5.82 Å². The maximum atomic E-state index is 12.1. The third kappa shape index (κ3) is 4.16. The maximum absolute atomic E-state index is 12.1. The van der Waals surface area contributed by atoms with Crippen LogP contribution in [0, 0.1) is 0 Å². The van der Waals surface area contributed by atoms with Crippen molar-refractivity contribution < 1.29 is 7.65 Å². The molecule has 1 heterocycles. The predicted molar refractivity (Wildman–Crippen MR) is 110 cm³/mol. The highest BCUT2D eigenvalue weighted by atomic mass is 16.1. The van der Waals surface area contributed by atoms with Crippen molar-refractivity contribution >= 4 is 17.8 Å². The number of amides is 1. The third-order valence-electron chi connectivity index (χ3n) is 4.19. The number of nitrogens with zero attached hydrogens (tertiary/aromatic N) is 1. The number of pyridine rings is 1. The Kier molecular flexibility index (Phi) is 5.44. The van der Waals surface area contributed by atoms with E-state index in [0.717, 1.165) is 27.8 Å². The molecule has 2 aromatic carbocycles. The zero-order valence-electron chi connectivity index (χ0n) is 14.5. The summed E-state index contributed by atoms with van der Waals surface area (Å²) in [7, 11) is 0. The van der Waals surface area contributed by atoms with E-state index in [9.17, 15) is 4.79 Å². The lowest BCUT2D eigenvalue weighted by atomic mass is 9.99. The van der Waals surface area contributed by atoms with Crippen LogP contribution in [0.1, 0.15) is 19.5 Å². The normalized spacial score (nSPS) is 10.3. The fraction of sp³-hybridized carbons (Fsp3) is 0.0909. The molecular weight excluding hydrogens is 322 g/mol. The Labute approximate surface area is 156 Å². The van der Waals surface area contributed by atoms with Gasteiger partial charge in [-0.1, -0.05) is 67.3 Å². The topological polar surface area (TPSA) is 68.0 Å². The molecule has 134 valence electrons. The molecule has 26 heavy (non-hydrogen) atoms. The van der Waals surface area contributed by atoms with Crippen LogP contribution in [0.2, 0.25) is 0 Å². The number of hydrogen-bond acceptors (Lipinski definition) is 3. The Balaban J connectivity index is 0.00000196. The molecule has 3 aromatic rings. The summed E-state index contributed by atoms with van der Waals surface area (Å²) in [6.45, 7) is 4.31. The van der Waals surface area contributed by atoms with Gasteiger partial charge in [0.25, 0.3) is 0 Å². The molecule has 1 amide bonds. The van der Waals surface area contributed by atoms with Gasteiger partial charge in [0.2, 0.25) is 5.91 Å². The van der Waals surface area contributed by atoms with Gasteiger partial charge in [0.05, 0.1) is 6.42 Å². The van der Waals surface area contributed by atoms with Crippen molar-refractivity contribution in [3.8, 4) is 11.1 Å². The van der Waals surface area contributed by atoms with Crippen LogP contribution >= 0.6 is 0 Å². The minimum atomic E-state index is 0. The van der Waals surface area contributed by atoms with Gasteiger partial charge >= 0.3 is 0 Å². The number of nitrogen functional groups attached to an aromatic ring is 1. The molecule has 0 unspecified atom stereocenters. The summed E-state index contributed by atoms with van der Waals surface area (Å²) < 4.78 is 0. The van der Waals surface area contributed by atoms with Crippen molar-refractivity contribution in [3.63, 3.8) is 0 Å². The molecule has 0 aliphatic rings. The van der Waals surface area contributed by atoms with Gasteiger partial charge in [-0.05, 0) is 28.3 Å². The molecule has 4 heteroatoms. The van der Waals surface area contributed by atoms with E-state index in [1.165, 1.54) is 0 Å². The lowest BCUT2D eigenvalue weighted by molar-refractivity contribution is -0.120. The van der Waals surface area contributed by atoms with Crippen LogP contribution in [0.3, 0.4) is 0 Å². The van der Waals surface area contributed by atoms with Crippen LogP contribution in [0.5, 0.6) is 0 Å². The fourth-order valence-corrected chi connectivity index (χ4v) is 2.80. The SMILES string of the molecule is C=Cc1c(-c2ccc(CNC(=O)Cc3ccccc3)cc2)ccnc1N.[HH].[HH]. The molecule has 0 spiro atoms. The molecule has 0 atom stereocenters. The van der Waals surface area contributed by atoms with E-state index in [0.29, 0.717) is 18.8 Å². The summed E-state index contributed by atoms with van der Waals surface area (Å²) in [5.41, 5.74) is 10.8. The number of carbonyl (C=O) groups excluding carboxylic acids is 1. The van der Waals surface area contributed by atoms with E-state index in [4.69, 9.17) is 5.73 Å². The molecule has 0 saturated heterocycles. The number of carbonyl (C=O) groups is 1. The number of nitrogens with two attached hydrogens (primary N) is 1. The number of aromatic nitrogens is 1. The molecule has 4 nitrogen and oxygen atoms in total. The average Bonchev–Trinajstić information content (AvgIpc) is 2.67. The number of hydrogen-bond donors (Lipinski definition) is 2. The summed E-state index contributed by atoms with van der Waals surface area (Å²) in [6.07, 6.45) is 3.79. The molecule has 3 rings (SSSR count). The van der Waals surface area contributed by atoms with Crippen LogP contribution < -0.4 is 11.1 Å². The highest BCUT2D eigenvalue weighted by Crippen LogP contribution is 2.27. The third-order valence-corrected chi connectivity index (χ3v) is 4.19. The van der Waals surface area contributed by atoms with Crippen molar-refractivity contribution in [1.82, 2.24) is 10.3 Å². The Bertz CT molecular complexity index is 913. The Morgan fingerprint density at radius 3 is 2.50 bits per heavy atom. The summed E-state index contributed by atoms with van der Waals surface area (Å²) in [4.78, 5) is 16.1. The highest BCUT2D eigenvalue weighted by Gasteiger charge is 2.07. The molecule has 0 bridgehead atoms. The van der Waals surface area contributed by atoms with Crippen LogP contribution in [0.15, 0.2) is 73.4 Å². The first-order valence-electron chi connectivity index (χ1n) is 8.44. The summed E-state index contributed by atoms with van der Waals surface area (Å²) in [5, 5.41) is 2.95. The average molecular weight is 347 g/mol. The van der Waals surface area contributed by atoms with Crippen molar-refractivity contribution in [2.45, 2.75) is 13.0 Å². The van der Waals surface area contributed by atoms with Gasteiger partial charge in [0.1, 0.15) is 5.82 Å². The number of benzene rings is 2. The lowest BCUT2D eigenvalue weighted by Gasteiger charge is -2.10. The van der Waals surface area contributed by atoms with E-state index < -0.39 is 0 Å². The molecule has 0 saturated carbocycles. The van der Waals surface area contributed by atoms with Gasteiger partial charge < -0.3 is 11.1 Å².